The van der Waals surface area contributed by atoms with Gasteiger partial charge in [-0.1, -0.05) is 5.16 Å². The quantitative estimate of drug-likeness (QED) is 0.563. The van der Waals surface area contributed by atoms with Crippen molar-refractivity contribution in [2.75, 3.05) is 31.6 Å². The number of ether oxygens (including phenoxy) is 2. The molecule has 178 valence electrons. The summed E-state index contributed by atoms with van der Waals surface area (Å²) in [5.74, 6) is 1.14. The van der Waals surface area contributed by atoms with Gasteiger partial charge in [0.15, 0.2) is 0 Å². The fourth-order valence-corrected chi connectivity index (χ4v) is 4.62. The number of hydrogen-bond acceptors (Lipinski definition) is 9. The minimum atomic E-state index is -0.142. The van der Waals surface area contributed by atoms with E-state index in [0.29, 0.717) is 42.7 Å². The van der Waals surface area contributed by atoms with Crippen LogP contribution in [-0.4, -0.2) is 63.8 Å². The molecule has 2 aliphatic heterocycles. The molecule has 10 nitrogen and oxygen atoms in total. The summed E-state index contributed by atoms with van der Waals surface area (Å²) in [6.45, 7) is 6.40. The van der Waals surface area contributed by atoms with Gasteiger partial charge in [-0.3, -0.25) is 4.79 Å². The smallest absolute Gasteiger partial charge is 0.259 e. The Labute approximate surface area is 197 Å². The molecule has 0 spiro atoms. The van der Waals surface area contributed by atoms with Crippen molar-refractivity contribution in [3.05, 3.63) is 52.9 Å². The number of aromatic nitrogens is 4. The van der Waals surface area contributed by atoms with Crippen LogP contribution in [0, 0.1) is 13.8 Å². The molecule has 1 atom stereocenters. The highest BCUT2D eigenvalue weighted by atomic mass is 16.5. The van der Waals surface area contributed by atoms with E-state index in [1.165, 1.54) is 6.26 Å². The normalized spacial score (nSPS) is 17.9. The van der Waals surface area contributed by atoms with Crippen LogP contribution in [0.1, 0.15) is 45.7 Å². The molecule has 5 rings (SSSR count). The van der Waals surface area contributed by atoms with Gasteiger partial charge in [-0.15, -0.1) is 0 Å². The van der Waals surface area contributed by atoms with Crippen LogP contribution in [0.3, 0.4) is 0 Å². The summed E-state index contributed by atoms with van der Waals surface area (Å²) in [5, 5.41) is 3.83. The summed E-state index contributed by atoms with van der Waals surface area (Å²) >= 11 is 0. The summed E-state index contributed by atoms with van der Waals surface area (Å²) in [6, 6.07) is 2.08. The molecule has 2 aliphatic rings. The first-order valence-corrected chi connectivity index (χ1v) is 11.5. The Morgan fingerprint density at radius 1 is 1.18 bits per heavy atom. The summed E-state index contributed by atoms with van der Waals surface area (Å²) in [5.41, 5.74) is 5.10. The van der Waals surface area contributed by atoms with Crippen LogP contribution in [0.2, 0.25) is 0 Å². The van der Waals surface area contributed by atoms with Crippen molar-refractivity contribution < 1.29 is 18.8 Å². The number of amides is 1. The number of likely N-dealkylation sites (tertiary alicyclic amines) is 1. The zero-order chi connectivity index (χ0) is 23.7. The van der Waals surface area contributed by atoms with Gasteiger partial charge in [0, 0.05) is 25.1 Å². The van der Waals surface area contributed by atoms with E-state index < -0.39 is 0 Å². The zero-order valence-corrected chi connectivity index (χ0v) is 19.7. The molecule has 10 heteroatoms. The Balaban J connectivity index is 1.32. The molecule has 1 amide bonds. The molecule has 3 aromatic rings. The van der Waals surface area contributed by atoms with E-state index in [0.717, 1.165) is 48.3 Å². The molecule has 0 aromatic carbocycles. The van der Waals surface area contributed by atoms with Crippen molar-refractivity contribution in [1.82, 2.24) is 25.0 Å². The maximum Gasteiger partial charge on any atom is 0.259 e. The molecule has 1 saturated heterocycles. The van der Waals surface area contributed by atoms with Gasteiger partial charge < -0.3 is 23.8 Å². The number of anilines is 1. The van der Waals surface area contributed by atoms with Crippen molar-refractivity contribution in [3.8, 4) is 11.8 Å². The van der Waals surface area contributed by atoms with Crippen LogP contribution in [-0.2, 0) is 13.0 Å². The molecule has 0 bridgehead atoms. The van der Waals surface area contributed by atoms with Crippen LogP contribution in [0.25, 0.3) is 0 Å². The third-order valence-electron chi connectivity index (χ3n) is 6.46. The maximum absolute atomic E-state index is 12.9. The number of nitrogens with zero attached hydrogens (tertiary/aromatic N) is 6. The number of carbonyl (C=O) groups is 1. The Bertz CT molecular complexity index is 1200. The lowest BCUT2D eigenvalue weighted by Crippen LogP contribution is -2.44. The van der Waals surface area contributed by atoms with Gasteiger partial charge in [0.1, 0.15) is 24.3 Å². The number of fused-ring (bicyclic) bond motifs is 1. The number of methoxy groups -OCH3 is 1. The number of pyridine rings is 1. The molecule has 0 unspecified atom stereocenters. The van der Waals surface area contributed by atoms with Crippen molar-refractivity contribution >= 4 is 11.6 Å². The summed E-state index contributed by atoms with van der Waals surface area (Å²) in [6.07, 6.45) is 7.17. The average Bonchev–Trinajstić information content (AvgIpc) is 3.29. The average molecular weight is 465 g/mol. The molecule has 34 heavy (non-hydrogen) atoms. The Hall–Kier alpha value is -3.69. The highest BCUT2D eigenvalue weighted by Crippen LogP contribution is 2.31. The summed E-state index contributed by atoms with van der Waals surface area (Å²) in [7, 11) is 1.63. The lowest BCUT2D eigenvalue weighted by molar-refractivity contribution is 0.0523. The van der Waals surface area contributed by atoms with E-state index in [-0.39, 0.29) is 12.0 Å². The second kappa shape index (κ2) is 9.28. The van der Waals surface area contributed by atoms with E-state index in [4.69, 9.17) is 14.0 Å². The summed E-state index contributed by atoms with van der Waals surface area (Å²) < 4.78 is 16.6. The van der Waals surface area contributed by atoms with Crippen molar-refractivity contribution in [2.45, 2.75) is 45.8 Å². The Morgan fingerprint density at radius 3 is 2.82 bits per heavy atom. The minimum Gasteiger partial charge on any atom is -0.481 e. The molecule has 5 heterocycles. The topological polar surface area (TPSA) is 107 Å². The molecule has 0 aliphatic carbocycles. The number of aryl methyl sites for hydroxylation is 2. The number of hydrogen-bond donors (Lipinski definition) is 0. The predicted octanol–water partition coefficient (Wildman–Crippen LogP) is 2.73. The molecule has 1 fully saturated rings. The zero-order valence-electron chi connectivity index (χ0n) is 19.7. The van der Waals surface area contributed by atoms with Crippen LogP contribution < -0.4 is 14.4 Å². The van der Waals surface area contributed by atoms with Crippen molar-refractivity contribution in [3.63, 3.8) is 0 Å². The predicted molar refractivity (Wildman–Crippen MR) is 123 cm³/mol. The fourth-order valence-electron chi connectivity index (χ4n) is 4.62. The fraction of sp³-hybridized carbons (Fsp3) is 0.458. The second-order valence-corrected chi connectivity index (χ2v) is 8.74. The van der Waals surface area contributed by atoms with Crippen LogP contribution in [0.4, 0.5) is 5.69 Å². The lowest BCUT2D eigenvalue weighted by atomic mass is 10.0. The van der Waals surface area contributed by atoms with Gasteiger partial charge in [-0.05, 0) is 32.8 Å². The van der Waals surface area contributed by atoms with Gasteiger partial charge in [-0.2, -0.15) is 0 Å². The molecule has 0 saturated carbocycles. The molecular formula is C24H28N6O4. The third-order valence-corrected chi connectivity index (χ3v) is 6.46. The highest BCUT2D eigenvalue weighted by Gasteiger charge is 2.30. The molecule has 0 N–H and O–H groups in total. The van der Waals surface area contributed by atoms with E-state index >= 15 is 0 Å². The Kier molecular flexibility index (Phi) is 6.04. The maximum atomic E-state index is 12.9. The molecule has 3 aromatic heterocycles. The molecule has 0 radical (unpaired) electrons. The standard InChI is InChI=1S/C24H28N6O4/c1-15-9-17(10-25-22(15)32-3)29-8-6-21-19(12-29)23(27-14-26-21)34-18-5-4-7-30(11-18)24(31)20-13-33-28-16(20)2/h9-10,13-14,18H,4-8,11-12H2,1-3H3/t18-/m0/s1. The van der Waals surface area contributed by atoms with E-state index in [1.54, 1.807) is 25.3 Å². The number of piperidine rings is 1. The minimum absolute atomic E-state index is 0.0784. The van der Waals surface area contributed by atoms with E-state index in [1.807, 2.05) is 13.1 Å². The number of carbonyl (C=O) groups excluding carboxylic acids is 1. The summed E-state index contributed by atoms with van der Waals surface area (Å²) in [4.78, 5) is 30.4. The van der Waals surface area contributed by atoms with E-state index in [9.17, 15) is 4.79 Å². The Morgan fingerprint density at radius 2 is 2.06 bits per heavy atom. The van der Waals surface area contributed by atoms with Gasteiger partial charge in [0.2, 0.25) is 11.8 Å². The largest absolute Gasteiger partial charge is 0.481 e. The number of rotatable bonds is 5. The van der Waals surface area contributed by atoms with Gasteiger partial charge >= 0.3 is 0 Å². The second-order valence-electron chi connectivity index (χ2n) is 8.74. The lowest BCUT2D eigenvalue weighted by Gasteiger charge is -2.34. The third kappa shape index (κ3) is 4.27. The molecular weight excluding hydrogens is 436 g/mol. The first-order valence-electron chi connectivity index (χ1n) is 11.5. The SMILES string of the molecule is COc1ncc(N2CCc3ncnc(O[C@H]4CCCN(C(=O)c5conc5C)C4)c3C2)cc1C. The monoisotopic (exact) mass is 464 g/mol. The first kappa shape index (κ1) is 22.1. The first-order chi connectivity index (χ1) is 16.5. The van der Waals surface area contributed by atoms with Gasteiger partial charge in [0.05, 0.1) is 49.0 Å². The van der Waals surface area contributed by atoms with Crippen LogP contribution in [0.15, 0.2) is 29.4 Å². The van der Waals surface area contributed by atoms with Crippen LogP contribution >= 0.6 is 0 Å². The van der Waals surface area contributed by atoms with Crippen LogP contribution in [0.5, 0.6) is 11.8 Å². The van der Waals surface area contributed by atoms with Gasteiger partial charge in [-0.25, -0.2) is 15.0 Å². The van der Waals surface area contributed by atoms with E-state index in [2.05, 4.69) is 31.1 Å². The highest BCUT2D eigenvalue weighted by molar-refractivity contribution is 5.94. The van der Waals surface area contributed by atoms with Crippen molar-refractivity contribution in [1.29, 1.82) is 0 Å². The van der Waals surface area contributed by atoms with Crippen molar-refractivity contribution in [2.24, 2.45) is 0 Å². The van der Waals surface area contributed by atoms with Gasteiger partial charge in [0.25, 0.3) is 5.91 Å².